The summed E-state index contributed by atoms with van der Waals surface area (Å²) in [7, 11) is 0. The maximum absolute atomic E-state index is 13.0. The number of hydrogen-bond acceptors (Lipinski definition) is 6. The van der Waals surface area contributed by atoms with E-state index in [2.05, 4.69) is 9.97 Å². The number of benzene rings is 1. The van der Waals surface area contributed by atoms with E-state index < -0.39 is 0 Å². The quantitative estimate of drug-likeness (QED) is 0.296. The Morgan fingerprint density at radius 1 is 1.29 bits per heavy atom. The zero-order valence-electron chi connectivity index (χ0n) is 16.5. The Hall–Kier alpha value is -1.83. The van der Waals surface area contributed by atoms with Crippen LogP contribution in [-0.2, 0) is 17.0 Å². The Bertz CT molecular complexity index is 1010. The lowest BCUT2D eigenvalue weighted by Gasteiger charge is -2.13. The van der Waals surface area contributed by atoms with Gasteiger partial charge in [-0.25, -0.2) is 9.97 Å². The van der Waals surface area contributed by atoms with Crippen LogP contribution in [0.1, 0.15) is 37.6 Å². The van der Waals surface area contributed by atoms with Gasteiger partial charge in [0.15, 0.2) is 5.16 Å². The Morgan fingerprint density at radius 3 is 2.75 bits per heavy atom. The summed E-state index contributed by atoms with van der Waals surface area (Å²) in [5.74, 6) is 1.92. The SMILES string of the molecule is Cc1nc(CSc2nc3cc(Cl)ccc3c(=O)n2CCCOC(C)C)oc1C. The minimum Gasteiger partial charge on any atom is -0.445 e. The number of aryl methyl sites for hydroxylation is 2. The molecule has 1 aromatic carbocycles. The highest BCUT2D eigenvalue weighted by Crippen LogP contribution is 2.24. The predicted octanol–water partition coefficient (Wildman–Crippen LogP) is 4.76. The van der Waals surface area contributed by atoms with Gasteiger partial charge in [0, 0.05) is 18.2 Å². The number of halogens is 1. The predicted molar refractivity (Wildman–Crippen MR) is 112 cm³/mol. The summed E-state index contributed by atoms with van der Waals surface area (Å²) in [4.78, 5) is 22.1. The van der Waals surface area contributed by atoms with Gasteiger partial charge in [0.1, 0.15) is 5.76 Å². The Labute approximate surface area is 173 Å². The monoisotopic (exact) mass is 421 g/mol. The Balaban J connectivity index is 1.89. The van der Waals surface area contributed by atoms with Crippen LogP contribution in [0.4, 0.5) is 0 Å². The van der Waals surface area contributed by atoms with Crippen LogP contribution in [0, 0.1) is 13.8 Å². The minimum atomic E-state index is -0.0755. The highest BCUT2D eigenvalue weighted by molar-refractivity contribution is 7.98. The molecule has 0 N–H and O–H groups in total. The number of ether oxygens (including phenoxy) is 1. The summed E-state index contributed by atoms with van der Waals surface area (Å²) in [6.45, 7) is 8.91. The fourth-order valence-electron chi connectivity index (χ4n) is 2.75. The van der Waals surface area contributed by atoms with E-state index >= 15 is 0 Å². The second-order valence-corrected chi connectivity index (χ2v) is 8.20. The summed E-state index contributed by atoms with van der Waals surface area (Å²) >= 11 is 7.52. The number of nitrogens with zero attached hydrogens (tertiary/aromatic N) is 3. The van der Waals surface area contributed by atoms with Crippen LogP contribution in [0.25, 0.3) is 10.9 Å². The highest BCUT2D eigenvalue weighted by Gasteiger charge is 2.14. The van der Waals surface area contributed by atoms with Crippen LogP contribution in [-0.4, -0.2) is 27.2 Å². The van der Waals surface area contributed by atoms with Gasteiger partial charge in [0.2, 0.25) is 5.89 Å². The maximum Gasteiger partial charge on any atom is 0.262 e. The molecule has 0 aliphatic heterocycles. The number of aromatic nitrogens is 3. The molecule has 8 heteroatoms. The van der Waals surface area contributed by atoms with Crippen molar-refractivity contribution in [1.82, 2.24) is 14.5 Å². The molecule has 0 saturated heterocycles. The largest absolute Gasteiger partial charge is 0.445 e. The number of rotatable bonds is 8. The van der Waals surface area contributed by atoms with E-state index in [0.717, 1.165) is 17.9 Å². The van der Waals surface area contributed by atoms with Gasteiger partial charge in [-0.05, 0) is 52.3 Å². The third-order valence-electron chi connectivity index (χ3n) is 4.26. The summed E-state index contributed by atoms with van der Waals surface area (Å²) < 4.78 is 13.0. The fourth-order valence-corrected chi connectivity index (χ4v) is 3.79. The lowest BCUT2D eigenvalue weighted by atomic mass is 10.2. The first-order chi connectivity index (χ1) is 13.3. The van der Waals surface area contributed by atoms with Crippen molar-refractivity contribution in [3.05, 3.63) is 50.9 Å². The normalized spacial score (nSPS) is 11.6. The van der Waals surface area contributed by atoms with Crippen molar-refractivity contribution in [2.75, 3.05) is 6.61 Å². The van der Waals surface area contributed by atoms with Crippen LogP contribution >= 0.6 is 23.4 Å². The molecule has 0 aliphatic carbocycles. The molecule has 0 unspecified atom stereocenters. The molecule has 0 aliphatic rings. The van der Waals surface area contributed by atoms with Crippen molar-refractivity contribution >= 4 is 34.3 Å². The molecule has 0 saturated carbocycles. The minimum absolute atomic E-state index is 0.0755. The van der Waals surface area contributed by atoms with Gasteiger partial charge in [-0.1, -0.05) is 23.4 Å². The molecule has 3 aromatic rings. The van der Waals surface area contributed by atoms with Crippen LogP contribution in [0.5, 0.6) is 0 Å². The smallest absolute Gasteiger partial charge is 0.262 e. The summed E-state index contributed by atoms with van der Waals surface area (Å²) in [6.07, 6.45) is 0.892. The molecule has 0 spiro atoms. The van der Waals surface area contributed by atoms with Gasteiger partial charge in [-0.2, -0.15) is 0 Å². The van der Waals surface area contributed by atoms with Gasteiger partial charge in [0.05, 0.1) is 28.5 Å². The average molecular weight is 422 g/mol. The van der Waals surface area contributed by atoms with Crippen molar-refractivity contribution in [3.8, 4) is 0 Å². The molecule has 0 fully saturated rings. The van der Waals surface area contributed by atoms with Crippen molar-refractivity contribution in [3.63, 3.8) is 0 Å². The molecule has 2 heterocycles. The van der Waals surface area contributed by atoms with E-state index in [0.29, 0.717) is 45.9 Å². The second kappa shape index (κ2) is 9.11. The standard InChI is InChI=1S/C20H24ClN3O3S/c1-12(2)26-9-5-8-24-19(25)16-7-6-15(21)10-17(16)23-20(24)28-11-18-22-13(3)14(4)27-18/h6-7,10,12H,5,8-9,11H2,1-4H3. The number of oxazole rings is 1. The van der Waals surface area contributed by atoms with E-state index in [1.807, 2.05) is 27.7 Å². The number of hydrogen-bond donors (Lipinski definition) is 0. The van der Waals surface area contributed by atoms with E-state index in [1.165, 1.54) is 11.8 Å². The van der Waals surface area contributed by atoms with E-state index in [4.69, 9.17) is 20.8 Å². The van der Waals surface area contributed by atoms with Crippen molar-refractivity contribution in [2.24, 2.45) is 0 Å². The fraction of sp³-hybridized carbons (Fsp3) is 0.450. The first-order valence-corrected chi connectivity index (χ1v) is 10.6. The van der Waals surface area contributed by atoms with Gasteiger partial charge < -0.3 is 9.15 Å². The van der Waals surface area contributed by atoms with Crippen LogP contribution < -0.4 is 5.56 Å². The first-order valence-electron chi connectivity index (χ1n) is 9.22. The molecule has 0 radical (unpaired) electrons. The molecule has 0 amide bonds. The average Bonchev–Trinajstić information content (AvgIpc) is 2.96. The van der Waals surface area contributed by atoms with E-state index in [1.54, 1.807) is 22.8 Å². The second-order valence-electron chi connectivity index (χ2n) is 6.82. The maximum atomic E-state index is 13.0. The molecule has 150 valence electrons. The lowest BCUT2D eigenvalue weighted by molar-refractivity contribution is 0.0743. The van der Waals surface area contributed by atoms with Crippen LogP contribution in [0.15, 0.2) is 32.6 Å². The summed E-state index contributed by atoms with van der Waals surface area (Å²) in [5.41, 5.74) is 1.39. The van der Waals surface area contributed by atoms with Crippen molar-refractivity contribution in [1.29, 1.82) is 0 Å². The highest BCUT2D eigenvalue weighted by atomic mass is 35.5. The van der Waals surface area contributed by atoms with Crippen molar-refractivity contribution in [2.45, 2.75) is 57.7 Å². The third-order valence-corrected chi connectivity index (χ3v) is 5.45. The third kappa shape index (κ3) is 4.96. The van der Waals surface area contributed by atoms with Crippen molar-refractivity contribution < 1.29 is 9.15 Å². The number of thioether (sulfide) groups is 1. The Kier molecular flexibility index (Phi) is 6.80. The van der Waals surface area contributed by atoms with E-state index in [9.17, 15) is 4.79 Å². The zero-order chi connectivity index (χ0) is 20.3. The number of fused-ring (bicyclic) bond motifs is 1. The lowest BCUT2D eigenvalue weighted by Crippen LogP contribution is -2.24. The van der Waals surface area contributed by atoms with Gasteiger partial charge in [0.25, 0.3) is 5.56 Å². The first kappa shape index (κ1) is 20.9. The molecule has 6 nitrogen and oxygen atoms in total. The molecule has 0 bridgehead atoms. The molecule has 3 rings (SSSR count). The Morgan fingerprint density at radius 2 is 2.07 bits per heavy atom. The molecular formula is C20H24ClN3O3S. The summed E-state index contributed by atoms with van der Waals surface area (Å²) in [5, 5.41) is 1.73. The van der Waals surface area contributed by atoms with Gasteiger partial charge in [-0.15, -0.1) is 0 Å². The van der Waals surface area contributed by atoms with Crippen LogP contribution in [0.2, 0.25) is 5.02 Å². The molecular weight excluding hydrogens is 398 g/mol. The van der Waals surface area contributed by atoms with E-state index in [-0.39, 0.29) is 11.7 Å². The zero-order valence-corrected chi connectivity index (χ0v) is 18.1. The molecule has 2 aromatic heterocycles. The van der Waals surface area contributed by atoms with Gasteiger partial charge >= 0.3 is 0 Å². The topological polar surface area (TPSA) is 70.2 Å². The molecule has 28 heavy (non-hydrogen) atoms. The van der Waals surface area contributed by atoms with Crippen LogP contribution in [0.3, 0.4) is 0 Å². The van der Waals surface area contributed by atoms with Gasteiger partial charge in [-0.3, -0.25) is 9.36 Å². The molecule has 0 atom stereocenters. The summed E-state index contributed by atoms with van der Waals surface area (Å²) in [6, 6.07) is 5.15.